The predicted octanol–water partition coefficient (Wildman–Crippen LogP) is 5.57. The molecule has 0 aliphatic heterocycles. The highest BCUT2D eigenvalue weighted by Crippen LogP contribution is 2.36. The average Bonchev–Trinajstić information content (AvgIpc) is 2.60. The molecular formula is C20H27F4IN2O2S2. The van der Waals surface area contributed by atoms with E-state index in [-0.39, 0.29) is 11.3 Å². The van der Waals surface area contributed by atoms with E-state index in [0.29, 0.717) is 3.57 Å². The summed E-state index contributed by atoms with van der Waals surface area (Å²) in [7, 11) is -5.38. The largest absolute Gasteiger partial charge is 0.408 e. The highest BCUT2D eigenvalue weighted by molar-refractivity contribution is 14.1. The molecule has 1 rings (SSSR count). The highest BCUT2D eigenvalue weighted by atomic mass is 127. The van der Waals surface area contributed by atoms with E-state index in [4.69, 9.17) is 0 Å². The van der Waals surface area contributed by atoms with Gasteiger partial charge in [0, 0.05) is 36.0 Å². The smallest absolute Gasteiger partial charge is 0.259 e. The minimum atomic E-state index is -4.72. The Labute approximate surface area is 198 Å². The van der Waals surface area contributed by atoms with Gasteiger partial charge in [-0.2, -0.15) is 18.4 Å². The zero-order valence-corrected chi connectivity index (χ0v) is 22.1. The molecule has 31 heavy (non-hydrogen) atoms. The van der Waals surface area contributed by atoms with Gasteiger partial charge in [-0.25, -0.2) is 13.0 Å². The Morgan fingerprint density at radius 2 is 1.71 bits per heavy atom. The second-order valence-electron chi connectivity index (χ2n) is 9.10. The molecule has 3 atom stereocenters. The first kappa shape index (κ1) is 28.3. The molecule has 0 N–H and O–H groups in total. The second-order valence-corrected chi connectivity index (χ2v) is 15.4. The molecule has 0 unspecified atom stereocenters. The van der Waals surface area contributed by atoms with Crippen LogP contribution in [0.2, 0.25) is 0 Å². The highest BCUT2D eigenvalue weighted by Gasteiger charge is 2.44. The van der Waals surface area contributed by atoms with Crippen molar-refractivity contribution >= 4 is 43.1 Å². The molecule has 0 aliphatic carbocycles. The van der Waals surface area contributed by atoms with Gasteiger partial charge in [0.1, 0.15) is 17.1 Å². The summed E-state index contributed by atoms with van der Waals surface area (Å²) in [6, 6.07) is 6.02. The van der Waals surface area contributed by atoms with E-state index in [1.54, 1.807) is 26.8 Å². The summed E-state index contributed by atoms with van der Waals surface area (Å²) in [5, 5.41) is 9.53. The van der Waals surface area contributed by atoms with Gasteiger partial charge in [0.25, 0.3) is 0 Å². The summed E-state index contributed by atoms with van der Waals surface area (Å²) in [6.07, 6.45) is -4.72. The van der Waals surface area contributed by atoms with Gasteiger partial charge in [0.05, 0.1) is 15.8 Å². The first-order valence-corrected chi connectivity index (χ1v) is 13.4. The molecular weight excluding hydrogens is 567 g/mol. The van der Waals surface area contributed by atoms with Gasteiger partial charge in [-0.1, -0.05) is 6.92 Å². The first-order chi connectivity index (χ1) is 13.8. The van der Waals surface area contributed by atoms with E-state index in [1.165, 1.54) is 39.0 Å². The summed E-state index contributed by atoms with van der Waals surface area (Å²) in [5.41, 5.74) is -1.32. The minimum absolute atomic E-state index is 0.0840. The monoisotopic (exact) mass is 594 g/mol. The van der Waals surface area contributed by atoms with Crippen LogP contribution in [0.3, 0.4) is 0 Å². The SMILES string of the molecule is CC(C)(C)[S@@](=O)C[C@@](C)(C[S@@](=O)(=NCC(F)(F)F)C(C)(C)C#N)c1cc(I)ccc1F. The van der Waals surface area contributed by atoms with Crippen molar-refractivity contribution in [1.29, 1.82) is 5.26 Å². The molecule has 0 fully saturated rings. The number of nitriles is 1. The van der Waals surface area contributed by atoms with Gasteiger partial charge >= 0.3 is 6.18 Å². The van der Waals surface area contributed by atoms with E-state index in [2.05, 4.69) is 4.36 Å². The number of hydrogen-bond acceptors (Lipinski definition) is 4. The Balaban J connectivity index is 3.78. The number of nitrogens with zero attached hydrogens (tertiary/aromatic N) is 2. The van der Waals surface area contributed by atoms with Crippen LogP contribution in [-0.4, -0.2) is 42.1 Å². The quantitative estimate of drug-likeness (QED) is 0.307. The van der Waals surface area contributed by atoms with Crippen molar-refractivity contribution in [3.8, 4) is 6.07 Å². The van der Waals surface area contributed by atoms with E-state index in [1.807, 2.05) is 22.6 Å². The molecule has 1 aromatic rings. The Kier molecular flexibility index (Phi) is 8.79. The fraction of sp³-hybridized carbons (Fsp3) is 0.650. The average molecular weight is 594 g/mol. The Hall–Kier alpha value is -0.740. The van der Waals surface area contributed by atoms with Crippen LogP contribution in [0.25, 0.3) is 0 Å². The normalized spacial score (nSPS) is 17.9. The van der Waals surface area contributed by atoms with Crippen LogP contribution in [0.4, 0.5) is 17.6 Å². The van der Waals surface area contributed by atoms with E-state index in [9.17, 15) is 31.2 Å². The van der Waals surface area contributed by atoms with Crippen molar-refractivity contribution in [3.63, 3.8) is 0 Å². The van der Waals surface area contributed by atoms with Gasteiger partial charge in [-0.3, -0.25) is 4.21 Å². The minimum Gasteiger partial charge on any atom is -0.259 e. The second kappa shape index (κ2) is 9.63. The fourth-order valence-corrected chi connectivity index (χ4v) is 7.01. The lowest BCUT2D eigenvalue weighted by Crippen LogP contribution is -2.46. The molecule has 4 nitrogen and oxygen atoms in total. The summed E-state index contributed by atoms with van der Waals surface area (Å²) >= 11 is 1.96. The van der Waals surface area contributed by atoms with E-state index in [0.717, 1.165) is 0 Å². The first-order valence-electron chi connectivity index (χ1n) is 9.28. The summed E-state index contributed by atoms with van der Waals surface area (Å²) < 4.78 is 82.0. The zero-order chi connectivity index (χ0) is 24.5. The van der Waals surface area contributed by atoms with Crippen LogP contribution >= 0.6 is 22.6 Å². The fourth-order valence-electron chi connectivity index (χ4n) is 2.73. The lowest BCUT2D eigenvalue weighted by Gasteiger charge is -2.36. The van der Waals surface area contributed by atoms with E-state index >= 15 is 0 Å². The van der Waals surface area contributed by atoms with Gasteiger partial charge < -0.3 is 0 Å². The predicted molar refractivity (Wildman–Crippen MR) is 125 cm³/mol. The number of benzene rings is 1. The summed E-state index contributed by atoms with van der Waals surface area (Å²) in [5.74, 6) is -1.36. The van der Waals surface area contributed by atoms with Gasteiger partial charge in [-0.15, -0.1) is 0 Å². The number of rotatable bonds is 7. The van der Waals surface area contributed by atoms with Crippen LogP contribution in [0.1, 0.15) is 47.1 Å². The van der Waals surface area contributed by atoms with Crippen LogP contribution < -0.4 is 0 Å². The van der Waals surface area contributed by atoms with Crippen LogP contribution in [0, 0.1) is 20.7 Å². The zero-order valence-electron chi connectivity index (χ0n) is 18.3. The molecule has 0 aromatic heterocycles. The third-order valence-corrected chi connectivity index (χ3v) is 10.9. The molecule has 0 amide bonds. The van der Waals surface area contributed by atoms with E-state index < -0.39 is 59.7 Å². The molecule has 0 radical (unpaired) electrons. The molecule has 11 heteroatoms. The molecule has 176 valence electrons. The molecule has 0 saturated carbocycles. The van der Waals surface area contributed by atoms with Crippen molar-refractivity contribution in [2.75, 3.05) is 18.1 Å². The summed E-state index contributed by atoms with van der Waals surface area (Å²) in [4.78, 5) is 0. The lowest BCUT2D eigenvalue weighted by molar-refractivity contribution is -0.117. The Bertz CT molecular complexity index is 1000. The maximum Gasteiger partial charge on any atom is 0.408 e. The lowest BCUT2D eigenvalue weighted by atomic mass is 9.86. The third kappa shape index (κ3) is 7.39. The number of halogens is 5. The maximum absolute atomic E-state index is 14.9. The van der Waals surface area contributed by atoms with Crippen LogP contribution in [0.5, 0.6) is 0 Å². The standard InChI is InChI=1S/C20H27F4IN2O2S2/c1-17(2,3)30(28)12-19(6,15-9-14(25)7-8-16(15)21)13-31(29,18(4,5)10-26)27-11-20(22,23)24/h7-9H,11-13H2,1-6H3/t19-,30-,31-/m0/s1. The molecule has 0 saturated heterocycles. The van der Waals surface area contributed by atoms with Crippen molar-refractivity contribution in [2.24, 2.45) is 4.36 Å². The number of alkyl halides is 3. The van der Waals surface area contributed by atoms with Crippen molar-refractivity contribution in [1.82, 2.24) is 0 Å². The van der Waals surface area contributed by atoms with Crippen molar-refractivity contribution in [2.45, 2.75) is 62.6 Å². The molecule has 0 bridgehead atoms. The van der Waals surface area contributed by atoms with Gasteiger partial charge in [-0.05, 0) is 81.0 Å². The molecule has 0 spiro atoms. The van der Waals surface area contributed by atoms with Crippen LogP contribution in [-0.2, 0) is 25.9 Å². The Morgan fingerprint density at radius 1 is 1.16 bits per heavy atom. The summed E-state index contributed by atoms with van der Waals surface area (Å²) in [6.45, 7) is 7.49. The molecule has 0 heterocycles. The number of hydrogen-bond donors (Lipinski definition) is 0. The molecule has 0 aliphatic rings. The van der Waals surface area contributed by atoms with Crippen molar-refractivity contribution in [3.05, 3.63) is 33.1 Å². The topological polar surface area (TPSA) is 70.3 Å². The maximum atomic E-state index is 14.9. The third-order valence-electron chi connectivity index (χ3n) is 4.74. The van der Waals surface area contributed by atoms with Gasteiger partial charge in [0.2, 0.25) is 0 Å². The Morgan fingerprint density at radius 3 is 2.16 bits per heavy atom. The van der Waals surface area contributed by atoms with Gasteiger partial charge in [0.15, 0.2) is 0 Å². The molecule has 1 aromatic carbocycles. The van der Waals surface area contributed by atoms with Crippen LogP contribution in [0.15, 0.2) is 22.6 Å². The van der Waals surface area contributed by atoms with Crippen molar-refractivity contribution < 1.29 is 26.0 Å².